The van der Waals surface area contributed by atoms with Crippen molar-refractivity contribution in [2.24, 2.45) is 7.05 Å². The number of benzene rings is 1. The van der Waals surface area contributed by atoms with Crippen LogP contribution in [-0.2, 0) is 13.7 Å². The van der Waals surface area contributed by atoms with Crippen molar-refractivity contribution in [3.05, 3.63) is 76.7 Å². The Morgan fingerprint density at radius 2 is 2.17 bits per heavy atom. The van der Waals surface area contributed by atoms with Gasteiger partial charge >= 0.3 is 0 Å². The van der Waals surface area contributed by atoms with E-state index in [9.17, 15) is 4.79 Å². The van der Waals surface area contributed by atoms with Gasteiger partial charge in [0, 0.05) is 25.0 Å². The summed E-state index contributed by atoms with van der Waals surface area (Å²) in [5, 5.41) is 0. The van der Waals surface area contributed by atoms with Crippen molar-refractivity contribution >= 4 is 27.8 Å². The second-order valence-electron chi connectivity index (χ2n) is 5.13. The van der Waals surface area contributed by atoms with Crippen molar-refractivity contribution in [3.8, 4) is 5.75 Å². The Balaban J connectivity index is 1.60. The topological polar surface area (TPSA) is 57.3 Å². The van der Waals surface area contributed by atoms with E-state index in [1.165, 1.54) is 6.08 Å². The van der Waals surface area contributed by atoms with Gasteiger partial charge in [0.05, 0.1) is 4.47 Å². The minimum atomic E-state index is -0.0989. The molecule has 0 spiro atoms. The molecule has 0 fully saturated rings. The van der Waals surface area contributed by atoms with Gasteiger partial charge in [-0.3, -0.25) is 4.79 Å². The molecule has 0 saturated carbocycles. The monoisotopic (exact) mass is 386 g/mol. The van der Waals surface area contributed by atoms with E-state index in [4.69, 9.17) is 9.15 Å². The molecule has 1 aromatic carbocycles. The third-order valence-corrected chi connectivity index (χ3v) is 3.83. The van der Waals surface area contributed by atoms with Crippen LogP contribution < -0.4 is 4.74 Å². The molecule has 3 aromatic rings. The minimum Gasteiger partial charge on any atom is -0.486 e. The molecule has 3 rings (SSSR count). The van der Waals surface area contributed by atoms with E-state index in [0.717, 1.165) is 10.3 Å². The van der Waals surface area contributed by atoms with Crippen molar-refractivity contribution in [2.45, 2.75) is 6.61 Å². The number of ether oxygens (including phenoxy) is 1. The van der Waals surface area contributed by atoms with Crippen molar-refractivity contribution in [1.29, 1.82) is 0 Å². The first-order valence-corrected chi connectivity index (χ1v) is 8.06. The number of carbonyl (C=O) groups is 1. The molecule has 5 nitrogen and oxygen atoms in total. The van der Waals surface area contributed by atoms with Gasteiger partial charge in [0.2, 0.25) is 0 Å². The summed E-state index contributed by atoms with van der Waals surface area (Å²) in [5.41, 5.74) is 0.584. The van der Waals surface area contributed by atoms with E-state index in [0.29, 0.717) is 23.7 Å². The summed E-state index contributed by atoms with van der Waals surface area (Å²) in [6.07, 6.45) is 8.28. The standard InChI is InChI=1S/C18H15BrN2O3/c1-21-9-8-20-18(21)12-24-15-4-2-13(3-5-15)17(22)7-6-16-10-14(19)11-23-16/h2-11H,12H2,1H3/b7-6+. The Hall–Kier alpha value is -2.60. The summed E-state index contributed by atoms with van der Waals surface area (Å²) in [6, 6.07) is 8.80. The van der Waals surface area contributed by atoms with E-state index in [1.54, 1.807) is 48.9 Å². The van der Waals surface area contributed by atoms with Gasteiger partial charge in [-0.15, -0.1) is 0 Å². The molecule has 0 N–H and O–H groups in total. The fraction of sp³-hybridized carbons (Fsp3) is 0.111. The Kier molecular flexibility index (Phi) is 4.96. The molecule has 24 heavy (non-hydrogen) atoms. The highest BCUT2D eigenvalue weighted by molar-refractivity contribution is 9.10. The molecular weight excluding hydrogens is 372 g/mol. The predicted octanol–water partition coefficient (Wildman–Crippen LogP) is 4.25. The molecule has 0 aliphatic rings. The Labute approximate surface area is 147 Å². The van der Waals surface area contributed by atoms with Gasteiger partial charge in [-0.25, -0.2) is 4.98 Å². The van der Waals surface area contributed by atoms with Crippen LogP contribution in [-0.4, -0.2) is 15.3 Å². The number of hydrogen-bond donors (Lipinski definition) is 0. The molecule has 0 atom stereocenters. The molecule has 2 heterocycles. The number of hydrogen-bond acceptors (Lipinski definition) is 4. The molecule has 0 radical (unpaired) electrons. The number of carbonyl (C=O) groups excluding carboxylic acids is 1. The fourth-order valence-electron chi connectivity index (χ4n) is 2.07. The lowest BCUT2D eigenvalue weighted by atomic mass is 10.1. The first-order chi connectivity index (χ1) is 11.6. The lowest BCUT2D eigenvalue weighted by molar-refractivity contribution is 0.104. The molecule has 2 aromatic heterocycles. The Morgan fingerprint density at radius 3 is 2.79 bits per heavy atom. The van der Waals surface area contributed by atoms with Gasteiger partial charge in [-0.2, -0.15) is 0 Å². The Morgan fingerprint density at radius 1 is 1.38 bits per heavy atom. The van der Waals surface area contributed by atoms with Crippen molar-refractivity contribution in [3.63, 3.8) is 0 Å². The van der Waals surface area contributed by atoms with Crippen LogP contribution in [0.2, 0.25) is 0 Å². The maximum Gasteiger partial charge on any atom is 0.185 e. The van der Waals surface area contributed by atoms with Gasteiger partial charge < -0.3 is 13.7 Å². The number of halogens is 1. The van der Waals surface area contributed by atoms with Gasteiger partial charge in [0.25, 0.3) is 0 Å². The summed E-state index contributed by atoms with van der Waals surface area (Å²) in [5.74, 6) is 2.04. The van der Waals surface area contributed by atoms with Crippen LogP contribution in [0.5, 0.6) is 5.75 Å². The number of ketones is 1. The maximum atomic E-state index is 12.1. The van der Waals surface area contributed by atoms with Gasteiger partial charge in [0.15, 0.2) is 5.78 Å². The average molecular weight is 387 g/mol. The number of allylic oxidation sites excluding steroid dienone is 1. The zero-order valence-corrected chi connectivity index (χ0v) is 14.6. The number of nitrogens with zero attached hydrogens (tertiary/aromatic N) is 2. The fourth-order valence-corrected chi connectivity index (χ4v) is 2.39. The third-order valence-electron chi connectivity index (χ3n) is 3.41. The first kappa shape index (κ1) is 16.3. The second-order valence-corrected chi connectivity index (χ2v) is 6.05. The number of aromatic nitrogens is 2. The molecule has 0 unspecified atom stereocenters. The van der Waals surface area contributed by atoms with Gasteiger partial charge in [-0.1, -0.05) is 0 Å². The van der Waals surface area contributed by atoms with E-state index >= 15 is 0 Å². The van der Waals surface area contributed by atoms with Crippen LogP contribution in [0.1, 0.15) is 21.9 Å². The summed E-state index contributed by atoms with van der Waals surface area (Å²) < 4.78 is 13.6. The highest BCUT2D eigenvalue weighted by Gasteiger charge is 2.05. The van der Waals surface area contributed by atoms with E-state index in [-0.39, 0.29) is 5.78 Å². The summed E-state index contributed by atoms with van der Waals surface area (Å²) >= 11 is 3.29. The molecule has 0 bridgehead atoms. The van der Waals surface area contributed by atoms with E-state index < -0.39 is 0 Å². The van der Waals surface area contributed by atoms with Crippen LogP contribution in [0.15, 0.2) is 64.0 Å². The van der Waals surface area contributed by atoms with Gasteiger partial charge in [-0.05, 0) is 58.4 Å². The zero-order valence-electron chi connectivity index (χ0n) is 13.0. The molecule has 0 saturated heterocycles. The smallest absolute Gasteiger partial charge is 0.185 e. The Bertz CT molecular complexity index is 863. The van der Waals surface area contributed by atoms with Gasteiger partial charge in [0.1, 0.15) is 30.2 Å². The molecule has 0 aliphatic carbocycles. The summed E-state index contributed by atoms with van der Waals surface area (Å²) in [6.45, 7) is 0.379. The van der Waals surface area contributed by atoms with Crippen LogP contribution in [0.3, 0.4) is 0 Å². The van der Waals surface area contributed by atoms with Crippen LogP contribution in [0, 0.1) is 0 Å². The highest BCUT2D eigenvalue weighted by Crippen LogP contribution is 2.17. The number of rotatable bonds is 6. The average Bonchev–Trinajstić information content (AvgIpc) is 3.19. The highest BCUT2D eigenvalue weighted by atomic mass is 79.9. The van der Waals surface area contributed by atoms with Crippen LogP contribution in [0.25, 0.3) is 6.08 Å². The second kappa shape index (κ2) is 7.31. The molecule has 0 amide bonds. The molecule has 0 aliphatic heterocycles. The lowest BCUT2D eigenvalue weighted by Gasteiger charge is -2.06. The SMILES string of the molecule is Cn1ccnc1COc1ccc(C(=O)/C=C/c2cc(Br)co2)cc1. The third kappa shape index (κ3) is 4.02. The quantitative estimate of drug-likeness (QED) is 0.469. The largest absolute Gasteiger partial charge is 0.486 e. The van der Waals surface area contributed by atoms with Crippen molar-refractivity contribution < 1.29 is 13.9 Å². The number of aryl methyl sites for hydroxylation is 1. The number of imidazole rings is 1. The van der Waals surface area contributed by atoms with E-state index in [2.05, 4.69) is 20.9 Å². The molecule has 6 heteroatoms. The van der Waals surface area contributed by atoms with Crippen LogP contribution >= 0.6 is 15.9 Å². The van der Waals surface area contributed by atoms with Crippen LogP contribution in [0.4, 0.5) is 0 Å². The predicted molar refractivity (Wildman–Crippen MR) is 93.8 cm³/mol. The summed E-state index contributed by atoms with van der Waals surface area (Å²) in [7, 11) is 1.91. The first-order valence-electron chi connectivity index (χ1n) is 7.27. The molecular formula is C18H15BrN2O3. The minimum absolute atomic E-state index is 0.0989. The molecule has 122 valence electrons. The van der Waals surface area contributed by atoms with Crippen molar-refractivity contribution in [1.82, 2.24) is 9.55 Å². The number of furan rings is 1. The van der Waals surface area contributed by atoms with Crippen molar-refractivity contribution in [2.75, 3.05) is 0 Å². The lowest BCUT2D eigenvalue weighted by Crippen LogP contribution is -2.03. The zero-order chi connectivity index (χ0) is 16.9. The summed E-state index contributed by atoms with van der Waals surface area (Å²) in [4.78, 5) is 16.3. The maximum absolute atomic E-state index is 12.1. The van der Waals surface area contributed by atoms with E-state index in [1.807, 2.05) is 17.8 Å². The normalized spacial score (nSPS) is 11.1.